The number of nitrogens with two attached hydrogens (primary N) is 1. The minimum Gasteiger partial charge on any atom is -0.493 e. The zero-order chi connectivity index (χ0) is 15.1. The molecule has 0 saturated heterocycles. The third kappa shape index (κ3) is 4.63. The Hall–Kier alpha value is -1.75. The summed E-state index contributed by atoms with van der Waals surface area (Å²) < 4.78 is 10.9. The first-order valence-electron chi connectivity index (χ1n) is 7.52. The van der Waals surface area contributed by atoms with Crippen LogP contribution in [0.4, 0.5) is 0 Å². The van der Waals surface area contributed by atoms with Crippen LogP contribution in [0.15, 0.2) is 18.2 Å². The van der Waals surface area contributed by atoms with E-state index in [-0.39, 0.29) is 12.5 Å². The zero-order valence-electron chi connectivity index (χ0n) is 12.6. The number of nitrogens with one attached hydrogen (secondary N) is 1. The molecule has 3 N–H and O–H groups in total. The Labute approximate surface area is 125 Å². The van der Waals surface area contributed by atoms with Gasteiger partial charge in [-0.05, 0) is 43.5 Å². The van der Waals surface area contributed by atoms with Gasteiger partial charge in [-0.1, -0.05) is 18.9 Å². The van der Waals surface area contributed by atoms with Gasteiger partial charge in [-0.2, -0.15) is 0 Å². The van der Waals surface area contributed by atoms with E-state index in [1.807, 2.05) is 18.2 Å². The summed E-state index contributed by atoms with van der Waals surface area (Å²) in [5, 5.41) is 3.00. The molecule has 0 aromatic heterocycles. The molecule has 0 bridgehead atoms. The normalized spacial score (nSPS) is 15.0. The smallest absolute Gasteiger partial charge is 0.258 e. The maximum absolute atomic E-state index is 11.8. The van der Waals surface area contributed by atoms with Crippen molar-refractivity contribution >= 4 is 5.91 Å². The van der Waals surface area contributed by atoms with Crippen LogP contribution in [0.3, 0.4) is 0 Å². The van der Waals surface area contributed by atoms with Crippen LogP contribution in [0.5, 0.6) is 11.5 Å². The predicted octanol–water partition coefficient (Wildman–Crippen LogP) is 1.63. The molecule has 1 amide bonds. The number of carbonyl (C=O) groups excluding carboxylic acids is 1. The Balaban J connectivity index is 1.87. The topological polar surface area (TPSA) is 73.6 Å². The largest absolute Gasteiger partial charge is 0.493 e. The second-order valence-corrected chi connectivity index (χ2v) is 5.36. The number of amides is 1. The summed E-state index contributed by atoms with van der Waals surface area (Å²) in [4.78, 5) is 11.8. The van der Waals surface area contributed by atoms with Crippen LogP contribution >= 0.6 is 0 Å². The Kier molecular flexibility index (Phi) is 5.87. The van der Waals surface area contributed by atoms with Gasteiger partial charge < -0.3 is 20.5 Å². The van der Waals surface area contributed by atoms with E-state index in [0.717, 1.165) is 24.8 Å². The number of benzene rings is 1. The van der Waals surface area contributed by atoms with Crippen LogP contribution in [-0.4, -0.2) is 32.2 Å². The van der Waals surface area contributed by atoms with Crippen LogP contribution in [0, 0.1) is 0 Å². The lowest BCUT2D eigenvalue weighted by atomic mass is 10.1. The van der Waals surface area contributed by atoms with Gasteiger partial charge in [0.05, 0.1) is 7.11 Å². The second-order valence-electron chi connectivity index (χ2n) is 5.36. The molecule has 0 heterocycles. The minimum absolute atomic E-state index is 0.0170. The molecule has 0 spiro atoms. The standard InChI is InChI=1S/C16H24N2O3/c1-20-15-10-12(8-9-17)6-7-14(15)21-11-16(19)18-13-4-2-3-5-13/h6-7,10,13H,2-5,8-9,11,17H2,1H3,(H,18,19). The summed E-state index contributed by atoms with van der Waals surface area (Å²) in [5.41, 5.74) is 6.64. The summed E-state index contributed by atoms with van der Waals surface area (Å²) in [6.07, 6.45) is 5.33. The quantitative estimate of drug-likeness (QED) is 0.801. The Morgan fingerprint density at radius 3 is 2.76 bits per heavy atom. The molecule has 2 rings (SSSR count). The fourth-order valence-electron chi connectivity index (χ4n) is 2.64. The van der Waals surface area contributed by atoms with Gasteiger partial charge in [0.1, 0.15) is 0 Å². The van der Waals surface area contributed by atoms with Crippen molar-refractivity contribution in [2.75, 3.05) is 20.3 Å². The molecule has 1 aliphatic carbocycles. The maximum Gasteiger partial charge on any atom is 0.258 e. The zero-order valence-corrected chi connectivity index (χ0v) is 12.6. The van der Waals surface area contributed by atoms with Crippen molar-refractivity contribution in [1.29, 1.82) is 0 Å². The molecular weight excluding hydrogens is 268 g/mol. The Morgan fingerprint density at radius 1 is 1.33 bits per heavy atom. The third-order valence-electron chi connectivity index (χ3n) is 3.74. The van der Waals surface area contributed by atoms with Gasteiger partial charge in [0.15, 0.2) is 18.1 Å². The van der Waals surface area contributed by atoms with E-state index < -0.39 is 0 Å². The molecule has 116 valence electrons. The fourth-order valence-corrected chi connectivity index (χ4v) is 2.64. The fraction of sp³-hybridized carbons (Fsp3) is 0.562. The number of ether oxygens (including phenoxy) is 2. The number of hydrogen-bond acceptors (Lipinski definition) is 4. The molecule has 0 radical (unpaired) electrons. The number of hydrogen-bond donors (Lipinski definition) is 2. The first kappa shape index (κ1) is 15.6. The highest BCUT2D eigenvalue weighted by atomic mass is 16.5. The molecule has 21 heavy (non-hydrogen) atoms. The lowest BCUT2D eigenvalue weighted by molar-refractivity contribution is -0.123. The first-order valence-corrected chi connectivity index (χ1v) is 7.52. The molecular formula is C16H24N2O3. The molecule has 5 nitrogen and oxygen atoms in total. The van der Waals surface area contributed by atoms with E-state index in [2.05, 4.69) is 5.32 Å². The average molecular weight is 292 g/mol. The van der Waals surface area contributed by atoms with E-state index in [1.54, 1.807) is 7.11 Å². The lowest BCUT2D eigenvalue weighted by Crippen LogP contribution is -2.36. The van der Waals surface area contributed by atoms with E-state index in [1.165, 1.54) is 12.8 Å². The average Bonchev–Trinajstić information content (AvgIpc) is 2.99. The minimum atomic E-state index is -0.0741. The Morgan fingerprint density at radius 2 is 2.10 bits per heavy atom. The number of rotatable bonds is 7. The Bertz CT molecular complexity index is 471. The van der Waals surface area contributed by atoms with Crippen molar-refractivity contribution in [3.63, 3.8) is 0 Å². The molecule has 1 aliphatic rings. The molecule has 0 unspecified atom stereocenters. The maximum atomic E-state index is 11.8. The van der Waals surface area contributed by atoms with Crippen molar-refractivity contribution in [2.45, 2.75) is 38.1 Å². The summed E-state index contributed by atoms with van der Waals surface area (Å²) >= 11 is 0. The third-order valence-corrected chi connectivity index (χ3v) is 3.74. The van der Waals surface area contributed by atoms with Crippen LogP contribution in [0.2, 0.25) is 0 Å². The van der Waals surface area contributed by atoms with Crippen LogP contribution in [0.25, 0.3) is 0 Å². The van der Waals surface area contributed by atoms with Crippen LogP contribution < -0.4 is 20.5 Å². The lowest BCUT2D eigenvalue weighted by Gasteiger charge is -2.14. The summed E-state index contributed by atoms with van der Waals surface area (Å²) in [6, 6.07) is 5.98. The molecule has 0 atom stereocenters. The first-order chi connectivity index (χ1) is 10.2. The van der Waals surface area contributed by atoms with Crippen molar-refractivity contribution in [2.24, 2.45) is 5.73 Å². The summed E-state index contributed by atoms with van der Waals surface area (Å²) in [5.74, 6) is 1.14. The highest BCUT2D eigenvalue weighted by molar-refractivity contribution is 5.78. The monoisotopic (exact) mass is 292 g/mol. The van der Waals surface area contributed by atoms with E-state index >= 15 is 0 Å². The summed E-state index contributed by atoms with van der Waals surface area (Å²) in [6.45, 7) is 0.607. The van der Waals surface area contributed by atoms with Crippen LogP contribution in [0.1, 0.15) is 31.2 Å². The van der Waals surface area contributed by atoms with E-state index in [4.69, 9.17) is 15.2 Å². The van der Waals surface area contributed by atoms with Gasteiger partial charge in [0.2, 0.25) is 0 Å². The summed E-state index contributed by atoms with van der Waals surface area (Å²) in [7, 11) is 1.59. The van der Waals surface area contributed by atoms with Gasteiger partial charge in [0, 0.05) is 6.04 Å². The molecule has 1 saturated carbocycles. The van der Waals surface area contributed by atoms with Gasteiger partial charge >= 0.3 is 0 Å². The van der Waals surface area contributed by atoms with Gasteiger partial charge in [-0.3, -0.25) is 4.79 Å². The number of carbonyl (C=O) groups is 1. The molecule has 1 aromatic carbocycles. The highest BCUT2D eigenvalue weighted by Gasteiger charge is 2.17. The molecule has 0 aliphatic heterocycles. The molecule has 1 fully saturated rings. The SMILES string of the molecule is COc1cc(CCN)ccc1OCC(=O)NC1CCCC1. The van der Waals surface area contributed by atoms with Gasteiger partial charge in [0.25, 0.3) is 5.91 Å². The predicted molar refractivity (Wildman–Crippen MR) is 81.6 cm³/mol. The van der Waals surface area contributed by atoms with Crippen LogP contribution in [-0.2, 0) is 11.2 Å². The molecule has 5 heteroatoms. The van der Waals surface area contributed by atoms with Crippen molar-refractivity contribution < 1.29 is 14.3 Å². The second kappa shape index (κ2) is 7.88. The van der Waals surface area contributed by atoms with Crippen molar-refractivity contribution in [3.05, 3.63) is 23.8 Å². The molecule has 1 aromatic rings. The number of methoxy groups -OCH3 is 1. The van der Waals surface area contributed by atoms with E-state index in [0.29, 0.717) is 24.1 Å². The van der Waals surface area contributed by atoms with Crippen molar-refractivity contribution in [3.8, 4) is 11.5 Å². The highest BCUT2D eigenvalue weighted by Crippen LogP contribution is 2.28. The van der Waals surface area contributed by atoms with Gasteiger partial charge in [-0.25, -0.2) is 0 Å². The van der Waals surface area contributed by atoms with Crippen molar-refractivity contribution in [1.82, 2.24) is 5.32 Å². The van der Waals surface area contributed by atoms with E-state index in [9.17, 15) is 4.79 Å². The van der Waals surface area contributed by atoms with Gasteiger partial charge in [-0.15, -0.1) is 0 Å².